The summed E-state index contributed by atoms with van der Waals surface area (Å²) in [6, 6.07) is 39.8. The van der Waals surface area contributed by atoms with E-state index in [9.17, 15) is 4.79 Å². The van der Waals surface area contributed by atoms with E-state index in [0.717, 1.165) is 33.6 Å². The largest absolute Gasteiger partial charge is 0.310 e. The molecular formula is C30H25N3O. The number of carbonyl (C=O) groups is 1. The van der Waals surface area contributed by atoms with Gasteiger partial charge in [0.05, 0.1) is 17.3 Å². The second-order valence-corrected chi connectivity index (χ2v) is 8.27. The van der Waals surface area contributed by atoms with Crippen LogP contribution in [-0.4, -0.2) is 15.7 Å². The van der Waals surface area contributed by atoms with E-state index in [1.165, 1.54) is 0 Å². The minimum absolute atomic E-state index is 0.106. The van der Waals surface area contributed by atoms with Crippen LogP contribution in [0.4, 0.5) is 5.82 Å². The summed E-state index contributed by atoms with van der Waals surface area (Å²) in [6.45, 7) is 2.05. The molecule has 4 aromatic carbocycles. The second-order valence-electron chi connectivity index (χ2n) is 8.27. The van der Waals surface area contributed by atoms with Crippen molar-refractivity contribution in [1.82, 2.24) is 9.78 Å². The van der Waals surface area contributed by atoms with Gasteiger partial charge in [-0.15, -0.1) is 0 Å². The molecule has 4 nitrogen and oxygen atoms in total. The Morgan fingerprint density at radius 2 is 1.26 bits per heavy atom. The average Bonchev–Trinajstić information content (AvgIpc) is 3.30. The van der Waals surface area contributed by atoms with Crippen molar-refractivity contribution in [2.75, 3.05) is 5.32 Å². The topological polar surface area (TPSA) is 46.9 Å². The molecule has 4 heteroatoms. The van der Waals surface area contributed by atoms with Crippen LogP contribution in [0.3, 0.4) is 0 Å². The van der Waals surface area contributed by atoms with E-state index in [0.29, 0.717) is 5.82 Å². The molecule has 0 aliphatic carbocycles. The molecule has 0 saturated carbocycles. The molecular weight excluding hydrogens is 418 g/mol. The van der Waals surface area contributed by atoms with E-state index in [2.05, 4.69) is 12.2 Å². The van der Waals surface area contributed by atoms with Crippen molar-refractivity contribution in [2.24, 2.45) is 0 Å². The zero-order valence-corrected chi connectivity index (χ0v) is 18.9. The third kappa shape index (κ3) is 4.52. The number of aromatic nitrogens is 2. The average molecular weight is 444 g/mol. The van der Waals surface area contributed by atoms with Crippen molar-refractivity contribution in [3.05, 3.63) is 138 Å². The number of amides is 1. The molecule has 1 heterocycles. The predicted molar refractivity (Wildman–Crippen MR) is 137 cm³/mol. The number of aryl methyl sites for hydroxylation is 1. The van der Waals surface area contributed by atoms with Gasteiger partial charge in [-0.25, -0.2) is 4.68 Å². The Kier molecular flexibility index (Phi) is 6.04. The van der Waals surface area contributed by atoms with Gasteiger partial charge in [0.1, 0.15) is 5.82 Å². The van der Waals surface area contributed by atoms with E-state index in [1.54, 1.807) is 4.68 Å². The monoisotopic (exact) mass is 443 g/mol. The molecule has 1 N–H and O–H groups in total. The van der Waals surface area contributed by atoms with Crippen LogP contribution in [0.2, 0.25) is 0 Å². The van der Waals surface area contributed by atoms with Gasteiger partial charge in [0.15, 0.2) is 0 Å². The van der Waals surface area contributed by atoms with Crippen LogP contribution in [0, 0.1) is 6.92 Å². The highest BCUT2D eigenvalue weighted by atomic mass is 16.2. The quantitative estimate of drug-likeness (QED) is 0.321. The molecule has 5 rings (SSSR count). The van der Waals surface area contributed by atoms with Gasteiger partial charge in [-0.3, -0.25) is 4.79 Å². The maximum absolute atomic E-state index is 13.7. The first kappa shape index (κ1) is 21.4. The standard InChI is InChI=1S/C30H25N3O/c1-22-17-19-26(20-18-22)33-28(21-27(32-33)23-11-5-2-6-12-23)31-30(34)29(24-13-7-3-8-14-24)25-15-9-4-10-16-25/h2-21,29H,1H3,(H,31,34). The molecule has 34 heavy (non-hydrogen) atoms. The Bertz CT molecular complexity index is 1340. The number of hydrogen-bond donors (Lipinski definition) is 1. The molecule has 0 radical (unpaired) electrons. The van der Waals surface area contributed by atoms with Gasteiger partial charge in [0.2, 0.25) is 5.91 Å². The van der Waals surface area contributed by atoms with E-state index >= 15 is 0 Å². The van der Waals surface area contributed by atoms with E-state index < -0.39 is 5.92 Å². The van der Waals surface area contributed by atoms with Crippen LogP contribution in [0.15, 0.2) is 121 Å². The Labute approximate surface area is 199 Å². The molecule has 0 aliphatic rings. The number of nitrogens with one attached hydrogen (secondary N) is 1. The van der Waals surface area contributed by atoms with Gasteiger partial charge in [-0.2, -0.15) is 5.10 Å². The Morgan fingerprint density at radius 3 is 1.82 bits per heavy atom. The van der Waals surface area contributed by atoms with Crippen molar-refractivity contribution in [1.29, 1.82) is 0 Å². The summed E-state index contributed by atoms with van der Waals surface area (Å²) >= 11 is 0. The number of hydrogen-bond acceptors (Lipinski definition) is 2. The van der Waals surface area contributed by atoms with Crippen molar-refractivity contribution in [3.8, 4) is 16.9 Å². The summed E-state index contributed by atoms with van der Waals surface area (Å²) in [5.41, 5.74) is 5.72. The number of benzene rings is 4. The van der Waals surface area contributed by atoms with E-state index in [1.807, 2.05) is 121 Å². The van der Waals surface area contributed by atoms with Crippen LogP contribution in [-0.2, 0) is 4.79 Å². The summed E-state index contributed by atoms with van der Waals surface area (Å²) in [7, 11) is 0. The molecule has 0 bridgehead atoms. The van der Waals surface area contributed by atoms with Crippen molar-refractivity contribution in [2.45, 2.75) is 12.8 Å². The fraction of sp³-hybridized carbons (Fsp3) is 0.0667. The lowest BCUT2D eigenvalue weighted by atomic mass is 9.90. The molecule has 0 fully saturated rings. The van der Waals surface area contributed by atoms with Gasteiger partial charge in [0, 0.05) is 11.6 Å². The molecule has 0 aliphatic heterocycles. The Balaban J connectivity index is 1.56. The predicted octanol–water partition coefficient (Wildman–Crippen LogP) is 6.62. The highest BCUT2D eigenvalue weighted by molar-refractivity contribution is 5.98. The maximum Gasteiger partial charge on any atom is 0.237 e. The first-order chi connectivity index (χ1) is 16.7. The number of nitrogens with zero attached hydrogens (tertiary/aromatic N) is 2. The van der Waals surface area contributed by atoms with Gasteiger partial charge < -0.3 is 5.32 Å². The van der Waals surface area contributed by atoms with E-state index in [4.69, 9.17) is 5.10 Å². The summed E-state index contributed by atoms with van der Waals surface area (Å²) in [6.07, 6.45) is 0. The Morgan fingerprint density at radius 1 is 0.735 bits per heavy atom. The van der Waals surface area contributed by atoms with Gasteiger partial charge >= 0.3 is 0 Å². The molecule has 1 amide bonds. The van der Waals surface area contributed by atoms with Crippen LogP contribution in [0.1, 0.15) is 22.6 Å². The minimum Gasteiger partial charge on any atom is -0.310 e. The van der Waals surface area contributed by atoms with Crippen LogP contribution < -0.4 is 5.32 Å². The summed E-state index contributed by atoms with van der Waals surface area (Å²) < 4.78 is 1.80. The second kappa shape index (κ2) is 9.59. The number of carbonyl (C=O) groups excluding carboxylic acids is 1. The molecule has 0 saturated heterocycles. The van der Waals surface area contributed by atoms with Crippen molar-refractivity contribution < 1.29 is 4.79 Å². The normalized spacial score (nSPS) is 10.9. The lowest BCUT2D eigenvalue weighted by Crippen LogP contribution is -2.23. The van der Waals surface area contributed by atoms with Gasteiger partial charge in [0.25, 0.3) is 0 Å². The van der Waals surface area contributed by atoms with Gasteiger partial charge in [-0.1, -0.05) is 109 Å². The molecule has 1 aromatic heterocycles. The zero-order valence-electron chi connectivity index (χ0n) is 18.9. The Hall–Kier alpha value is -4.44. The first-order valence-corrected chi connectivity index (χ1v) is 11.3. The number of rotatable bonds is 6. The SMILES string of the molecule is Cc1ccc(-n2nc(-c3ccccc3)cc2NC(=O)C(c2ccccc2)c2ccccc2)cc1. The lowest BCUT2D eigenvalue weighted by molar-refractivity contribution is -0.116. The first-order valence-electron chi connectivity index (χ1n) is 11.3. The molecule has 0 spiro atoms. The lowest BCUT2D eigenvalue weighted by Gasteiger charge is -2.18. The fourth-order valence-corrected chi connectivity index (χ4v) is 4.09. The summed E-state index contributed by atoms with van der Waals surface area (Å²) in [5, 5.41) is 8.01. The molecule has 0 unspecified atom stereocenters. The van der Waals surface area contributed by atoms with E-state index in [-0.39, 0.29) is 5.91 Å². The third-order valence-electron chi connectivity index (χ3n) is 5.84. The smallest absolute Gasteiger partial charge is 0.237 e. The fourth-order valence-electron chi connectivity index (χ4n) is 4.09. The van der Waals surface area contributed by atoms with Crippen molar-refractivity contribution in [3.63, 3.8) is 0 Å². The van der Waals surface area contributed by atoms with Crippen LogP contribution >= 0.6 is 0 Å². The highest BCUT2D eigenvalue weighted by Gasteiger charge is 2.24. The molecule has 0 atom stereocenters. The van der Waals surface area contributed by atoms with Crippen LogP contribution in [0.25, 0.3) is 16.9 Å². The van der Waals surface area contributed by atoms with Crippen molar-refractivity contribution >= 4 is 11.7 Å². The molecule has 5 aromatic rings. The van der Waals surface area contributed by atoms with Gasteiger partial charge in [-0.05, 0) is 30.2 Å². The number of anilines is 1. The summed E-state index contributed by atoms with van der Waals surface area (Å²) in [5.74, 6) is 0.0822. The molecule has 166 valence electrons. The summed E-state index contributed by atoms with van der Waals surface area (Å²) in [4.78, 5) is 13.7. The minimum atomic E-state index is -0.441. The maximum atomic E-state index is 13.7. The highest BCUT2D eigenvalue weighted by Crippen LogP contribution is 2.29. The zero-order chi connectivity index (χ0) is 23.3. The van der Waals surface area contributed by atoms with Crippen LogP contribution in [0.5, 0.6) is 0 Å². The third-order valence-corrected chi connectivity index (χ3v) is 5.84.